The molecule has 1 fully saturated rings. The van der Waals surface area contributed by atoms with Crippen molar-refractivity contribution < 1.29 is 22.0 Å². The van der Waals surface area contributed by atoms with E-state index in [-0.39, 0.29) is 24.1 Å². The van der Waals surface area contributed by atoms with Gasteiger partial charge in [0.15, 0.2) is 0 Å². The number of nitrogens with one attached hydrogen (secondary N) is 1. The zero-order valence-corrected chi connectivity index (χ0v) is 10.8. The van der Waals surface area contributed by atoms with Crippen LogP contribution in [0.3, 0.4) is 0 Å². The summed E-state index contributed by atoms with van der Waals surface area (Å²) in [4.78, 5) is 4.04. The van der Waals surface area contributed by atoms with Crippen LogP contribution in [-0.4, -0.2) is 30.2 Å². The topological polar surface area (TPSA) is 144 Å². The van der Waals surface area contributed by atoms with E-state index in [1.807, 2.05) is 0 Å². The lowest BCUT2D eigenvalue weighted by Crippen LogP contribution is -2.56. The summed E-state index contributed by atoms with van der Waals surface area (Å²) in [6.07, 6.45) is 3.63. The van der Waals surface area contributed by atoms with Gasteiger partial charge in [0.25, 0.3) is 0 Å². The fraction of sp³-hybridized carbons (Fsp3) is 0.556. The van der Waals surface area contributed by atoms with Crippen molar-refractivity contribution in [2.45, 2.75) is 31.1 Å². The molecular formula is C9H16N5O4S+. The molecule has 2 rings (SSSR count). The minimum absolute atomic E-state index is 0.123. The highest BCUT2D eigenvalue weighted by Gasteiger charge is 2.34. The van der Waals surface area contributed by atoms with Crippen molar-refractivity contribution in [3.8, 4) is 0 Å². The van der Waals surface area contributed by atoms with Crippen molar-refractivity contribution in [1.29, 1.82) is 0 Å². The molecule has 3 atom stereocenters. The number of hydrogen-bond donors (Lipinski definition) is 4. The fourth-order valence-electron chi connectivity index (χ4n) is 2.08. The van der Waals surface area contributed by atoms with Gasteiger partial charge >= 0.3 is 16.2 Å². The van der Waals surface area contributed by atoms with E-state index in [9.17, 15) is 8.42 Å². The lowest BCUT2D eigenvalue weighted by molar-refractivity contribution is -0.866. The molecule has 1 aromatic rings. The van der Waals surface area contributed by atoms with E-state index in [0.717, 1.165) is 4.73 Å². The zero-order valence-electron chi connectivity index (χ0n) is 10.0. The average Bonchev–Trinajstić information content (AvgIpc) is 2.26. The molecule has 10 heteroatoms. The quantitative estimate of drug-likeness (QED) is 0.357. The first-order valence-electron chi connectivity index (χ1n) is 5.66. The summed E-state index contributed by atoms with van der Waals surface area (Å²) in [6.45, 7) is 0. The van der Waals surface area contributed by atoms with E-state index in [4.69, 9.17) is 16.0 Å². The predicted octanol–water partition coefficient (Wildman–Crippen LogP) is -2.36. The van der Waals surface area contributed by atoms with Crippen molar-refractivity contribution in [3.63, 3.8) is 0 Å². The maximum absolute atomic E-state index is 10.8. The Labute approximate surface area is 110 Å². The zero-order chi connectivity index (χ0) is 14.0. The average molecular weight is 290 g/mol. The van der Waals surface area contributed by atoms with Gasteiger partial charge in [-0.1, -0.05) is 0 Å². The molecule has 0 spiro atoms. The van der Waals surface area contributed by atoms with E-state index < -0.39 is 10.4 Å². The van der Waals surface area contributed by atoms with Crippen LogP contribution in [-0.2, 0) is 10.4 Å². The Hall–Kier alpha value is -1.33. The summed E-state index contributed by atoms with van der Waals surface area (Å²) in [6, 6.07) is 0.987. The number of nitrogens with zero attached hydrogens (tertiary/aromatic N) is 2. The fourth-order valence-corrected chi connectivity index (χ4v) is 2.41. The summed E-state index contributed by atoms with van der Waals surface area (Å²) in [5, 5.41) is 3.05. The maximum Gasteiger partial charge on any atom is 0.482 e. The second-order valence-electron chi connectivity index (χ2n) is 4.36. The van der Waals surface area contributed by atoms with Crippen LogP contribution in [0.5, 0.6) is 0 Å². The van der Waals surface area contributed by atoms with Crippen LogP contribution in [0.15, 0.2) is 18.5 Å². The molecule has 1 saturated heterocycles. The summed E-state index contributed by atoms with van der Waals surface area (Å²) in [5.74, 6) is 0.269. The summed E-state index contributed by atoms with van der Waals surface area (Å²) in [5.41, 5.74) is 11.7. The Morgan fingerprint density at radius 1 is 1.47 bits per heavy atom. The molecule has 1 aliphatic rings. The molecule has 0 radical (unpaired) electrons. The third kappa shape index (κ3) is 3.81. The molecular weight excluding hydrogens is 274 g/mol. The Kier molecular flexibility index (Phi) is 3.96. The Balaban J connectivity index is 2.29. The van der Waals surface area contributed by atoms with Gasteiger partial charge in [-0.25, -0.2) is 0 Å². The Morgan fingerprint density at radius 3 is 2.84 bits per heavy atom. The molecule has 0 amide bonds. The van der Waals surface area contributed by atoms with Gasteiger partial charge in [-0.2, -0.15) is 12.7 Å². The van der Waals surface area contributed by atoms with Crippen LogP contribution in [0.4, 0.5) is 0 Å². The van der Waals surface area contributed by atoms with Gasteiger partial charge in [0, 0.05) is 12.1 Å². The molecule has 9 nitrogen and oxygen atoms in total. The molecule has 1 aliphatic heterocycles. The first-order chi connectivity index (χ1) is 8.85. The number of rotatable bonds is 3. The number of nitrogens with two attached hydrogens (primary N) is 2. The molecule has 19 heavy (non-hydrogen) atoms. The standard InChI is InChI=1S/C9H15N5O4S/c10-6-4-7(13-8(11)5-6)9-12-2-1-3-14(9)18-19(15,16)17/h1-3,6-8,13H,4-5,10-11H2/p+1. The van der Waals surface area contributed by atoms with Crippen molar-refractivity contribution in [1.82, 2.24) is 10.3 Å². The second kappa shape index (κ2) is 5.35. The van der Waals surface area contributed by atoms with Gasteiger partial charge in [0.05, 0.1) is 6.17 Å². The smallest absolute Gasteiger partial charge is 0.328 e. The third-order valence-electron chi connectivity index (χ3n) is 2.74. The van der Waals surface area contributed by atoms with E-state index in [0.29, 0.717) is 12.8 Å². The summed E-state index contributed by atoms with van der Waals surface area (Å²) in [7, 11) is -4.63. The molecule has 1 aromatic heterocycles. The van der Waals surface area contributed by atoms with Crippen LogP contribution in [0, 0.1) is 0 Å². The lowest BCUT2D eigenvalue weighted by atomic mass is 9.97. The summed E-state index contributed by atoms with van der Waals surface area (Å²) < 4.78 is 35.6. The van der Waals surface area contributed by atoms with E-state index >= 15 is 0 Å². The number of hydrogen-bond acceptors (Lipinski definition) is 7. The Bertz CT molecular complexity index is 541. The summed E-state index contributed by atoms with van der Waals surface area (Å²) >= 11 is 0. The molecule has 0 aliphatic carbocycles. The van der Waals surface area contributed by atoms with Gasteiger partial charge in [-0.05, 0) is 22.6 Å². The van der Waals surface area contributed by atoms with Gasteiger partial charge in [-0.15, -0.1) is 0 Å². The van der Waals surface area contributed by atoms with Crippen LogP contribution < -0.4 is 25.8 Å². The normalized spacial score (nSPS) is 28.1. The van der Waals surface area contributed by atoms with Crippen molar-refractivity contribution in [2.75, 3.05) is 0 Å². The molecule has 3 unspecified atom stereocenters. The molecule has 6 N–H and O–H groups in total. The van der Waals surface area contributed by atoms with Crippen LogP contribution in [0.2, 0.25) is 0 Å². The van der Waals surface area contributed by atoms with E-state index in [1.54, 1.807) is 0 Å². The van der Waals surface area contributed by atoms with Crippen LogP contribution >= 0.6 is 0 Å². The van der Waals surface area contributed by atoms with Gasteiger partial charge in [0.1, 0.15) is 18.4 Å². The van der Waals surface area contributed by atoms with Gasteiger partial charge in [0.2, 0.25) is 0 Å². The third-order valence-corrected chi connectivity index (χ3v) is 3.09. The highest BCUT2D eigenvalue weighted by atomic mass is 32.3. The minimum atomic E-state index is -4.63. The highest BCUT2D eigenvalue weighted by molar-refractivity contribution is 7.80. The van der Waals surface area contributed by atoms with Crippen LogP contribution in [0.1, 0.15) is 24.7 Å². The number of piperidine rings is 1. The van der Waals surface area contributed by atoms with Crippen LogP contribution in [0.25, 0.3) is 0 Å². The van der Waals surface area contributed by atoms with Crippen molar-refractivity contribution in [2.24, 2.45) is 11.5 Å². The number of aromatic nitrogens is 2. The largest absolute Gasteiger partial charge is 0.482 e. The molecule has 0 saturated carbocycles. The van der Waals surface area contributed by atoms with E-state index in [2.05, 4.69) is 14.6 Å². The van der Waals surface area contributed by atoms with E-state index in [1.165, 1.54) is 18.5 Å². The van der Waals surface area contributed by atoms with Gasteiger partial charge < -0.3 is 11.5 Å². The SMILES string of the molecule is NC1CC(N)NC(c2nccc[n+]2OS(=O)(=O)O)C1. The molecule has 2 heterocycles. The predicted molar refractivity (Wildman–Crippen MR) is 63.6 cm³/mol. The Morgan fingerprint density at radius 2 is 2.21 bits per heavy atom. The molecule has 106 valence electrons. The molecule has 0 bridgehead atoms. The minimum Gasteiger partial charge on any atom is -0.328 e. The van der Waals surface area contributed by atoms with Crippen molar-refractivity contribution in [3.05, 3.63) is 24.3 Å². The maximum atomic E-state index is 10.8. The lowest BCUT2D eigenvalue weighted by Gasteiger charge is -2.29. The van der Waals surface area contributed by atoms with Gasteiger partial charge in [-0.3, -0.25) is 9.87 Å². The highest BCUT2D eigenvalue weighted by Crippen LogP contribution is 2.19. The second-order valence-corrected chi connectivity index (χ2v) is 5.37. The first-order valence-corrected chi connectivity index (χ1v) is 7.03. The first kappa shape index (κ1) is 14.1. The molecule has 0 aromatic carbocycles. The monoisotopic (exact) mass is 290 g/mol. The van der Waals surface area contributed by atoms with Crippen molar-refractivity contribution >= 4 is 10.4 Å².